The van der Waals surface area contributed by atoms with Gasteiger partial charge in [-0.3, -0.25) is 0 Å². The van der Waals surface area contributed by atoms with Crippen molar-refractivity contribution in [1.29, 1.82) is 0 Å². The van der Waals surface area contributed by atoms with Crippen molar-refractivity contribution < 1.29 is 0 Å². The van der Waals surface area contributed by atoms with Crippen LogP contribution in [0.15, 0.2) is 59.3 Å². The molecule has 0 atom stereocenters. The Morgan fingerprint density at radius 1 is 0.238 bits per heavy atom. The van der Waals surface area contributed by atoms with Gasteiger partial charge in [-0.15, -0.1) is 22.7 Å². The third-order valence-corrected chi connectivity index (χ3v) is 25.7. The van der Waals surface area contributed by atoms with Crippen LogP contribution in [0.5, 0.6) is 0 Å². The number of rotatable bonds is 0. The third-order valence-electron chi connectivity index (χ3n) is 23.8. The van der Waals surface area contributed by atoms with E-state index in [4.69, 9.17) is 0 Å². The summed E-state index contributed by atoms with van der Waals surface area (Å²) in [6.07, 6.45) is 10.0. The van der Waals surface area contributed by atoms with Gasteiger partial charge in [0.2, 0.25) is 0 Å². The number of benzene rings is 8. The second-order valence-corrected chi connectivity index (χ2v) is 28.4. The lowest BCUT2D eigenvalue weighted by Crippen LogP contribution is -2.30. The fourth-order valence-electron chi connectivity index (χ4n) is 17.3. The molecule has 0 unspecified atom stereocenters. The van der Waals surface area contributed by atoms with Crippen molar-refractivity contribution in [2.24, 2.45) is 0 Å². The summed E-state index contributed by atoms with van der Waals surface area (Å²) in [6, 6.07) is 14.1. The molecule has 0 radical (unpaired) electrons. The largest absolute Gasteiger partial charge is 0.144 e. The van der Waals surface area contributed by atoms with Crippen molar-refractivity contribution in [1.82, 2.24) is 0 Å². The topological polar surface area (TPSA) is 0 Å². The van der Waals surface area contributed by atoms with Crippen LogP contribution in [0, 0.1) is 166 Å². The first-order chi connectivity index (χ1) is 39.7. The van der Waals surface area contributed by atoms with Crippen LogP contribution >= 0.6 is 22.7 Å². The smallest absolute Gasteiger partial charge is 0.0672 e. The Morgan fingerprint density at radius 3 is 0.881 bits per heavy atom. The number of fused-ring (bicyclic) bond motifs is 22. The zero-order valence-electron chi connectivity index (χ0n) is 54.7. The highest BCUT2D eigenvalue weighted by Gasteiger charge is 2.51. The average Bonchev–Trinajstić information content (AvgIpc) is 1.56. The van der Waals surface area contributed by atoms with Gasteiger partial charge in [0.25, 0.3) is 0 Å². The number of thiophene rings is 2. The molecule has 0 saturated carbocycles. The fraction of sp³-hybridized carbons (Fsp3) is 0.317. The molecule has 2 heteroatoms. The standard InChI is InChI=1S/2C41H42S/c1-19-20(2)26(8)35-34(25(19)7)36-27(9)21(3)23(5)29(11)38(36)41(39-30(12)24(6)22(4)28(10)37(35)39)17-15-31-13-14-33-32(40(31)41)16-18-42-33;1-19-20(2)26(8)34-33(25(19)7)35-27(9)21(3)23(5)29(11)37(35)41(38-30(12)24(6)22(4)28(10)36(34)38)17-15-31-13-14-32-16-18-42-40(32)39(31)41/h2*13-18H,1-12H3. The molecule has 0 aliphatic heterocycles. The molecule has 84 heavy (non-hydrogen) atoms. The molecule has 2 heterocycles. The molecule has 2 spiro atoms. The van der Waals surface area contributed by atoms with Crippen LogP contribution < -0.4 is 0 Å². The van der Waals surface area contributed by atoms with Gasteiger partial charge in [-0.2, -0.15) is 0 Å². The van der Waals surface area contributed by atoms with Gasteiger partial charge >= 0.3 is 0 Å². The Kier molecular flexibility index (Phi) is 12.6. The normalized spacial score (nSPS) is 14.3. The summed E-state index contributed by atoms with van der Waals surface area (Å²) >= 11 is 3.77. The molecule has 0 bridgehead atoms. The van der Waals surface area contributed by atoms with Gasteiger partial charge < -0.3 is 0 Å². The first-order valence-corrected chi connectivity index (χ1v) is 32.5. The maximum Gasteiger partial charge on any atom is 0.0672 e. The van der Waals surface area contributed by atoms with Crippen LogP contribution in [0.3, 0.4) is 0 Å². The first-order valence-electron chi connectivity index (χ1n) is 30.8. The molecule has 2 aromatic heterocycles. The minimum Gasteiger partial charge on any atom is -0.144 e. The Bertz CT molecular complexity index is 4280. The molecule has 4 aliphatic rings. The molecular formula is C82H84S2. The Morgan fingerprint density at radius 2 is 0.524 bits per heavy atom. The van der Waals surface area contributed by atoms with Gasteiger partial charge in [0, 0.05) is 9.40 Å². The Hall–Kier alpha value is -6.84. The molecule has 424 valence electrons. The minimum absolute atomic E-state index is 0.384. The van der Waals surface area contributed by atoms with E-state index < -0.39 is 0 Å². The monoisotopic (exact) mass is 1130 g/mol. The van der Waals surface area contributed by atoms with Crippen molar-refractivity contribution in [2.45, 2.75) is 177 Å². The molecule has 10 aromatic rings. The number of allylic oxidation sites excluding steroid dienone is 2. The summed E-state index contributed by atoms with van der Waals surface area (Å²) in [4.78, 5) is 0. The second-order valence-electron chi connectivity index (χ2n) is 26.5. The zero-order valence-corrected chi connectivity index (χ0v) is 56.4. The van der Waals surface area contributed by atoms with Crippen LogP contribution in [0.25, 0.3) is 76.8 Å². The van der Waals surface area contributed by atoms with Crippen molar-refractivity contribution in [3.63, 3.8) is 0 Å². The highest BCUT2D eigenvalue weighted by molar-refractivity contribution is 7.17. The summed E-state index contributed by atoms with van der Waals surface area (Å²) in [5.41, 5.74) is 56.8. The predicted molar refractivity (Wildman–Crippen MR) is 370 cm³/mol. The zero-order chi connectivity index (χ0) is 60.3. The number of hydrogen-bond donors (Lipinski definition) is 0. The summed E-state index contributed by atoms with van der Waals surface area (Å²) < 4.78 is 2.80. The van der Waals surface area contributed by atoms with Crippen molar-refractivity contribution in [3.8, 4) is 44.5 Å². The van der Waals surface area contributed by atoms with E-state index in [1.807, 2.05) is 22.7 Å². The Balaban J connectivity index is 0.000000157. The van der Waals surface area contributed by atoms with E-state index in [0.29, 0.717) is 0 Å². The molecule has 0 N–H and O–H groups in total. The van der Waals surface area contributed by atoms with Crippen LogP contribution in [-0.2, 0) is 10.8 Å². The molecule has 0 fully saturated rings. The number of hydrogen-bond acceptors (Lipinski definition) is 2. The van der Waals surface area contributed by atoms with Crippen LogP contribution in [0.4, 0.5) is 0 Å². The molecule has 0 nitrogen and oxygen atoms in total. The molecule has 4 aliphatic carbocycles. The highest BCUT2D eigenvalue weighted by Crippen LogP contribution is 2.65. The third kappa shape index (κ3) is 6.77. The quantitative estimate of drug-likeness (QED) is 0.142. The van der Waals surface area contributed by atoms with Crippen molar-refractivity contribution in [3.05, 3.63) is 237 Å². The summed E-state index contributed by atoms with van der Waals surface area (Å²) in [5, 5.41) is 7.31. The molecular weight excluding hydrogens is 1050 g/mol. The van der Waals surface area contributed by atoms with Crippen molar-refractivity contribution >= 4 is 55.0 Å². The van der Waals surface area contributed by atoms with Gasteiger partial charge in [0.1, 0.15) is 0 Å². The van der Waals surface area contributed by atoms with E-state index >= 15 is 0 Å². The van der Waals surface area contributed by atoms with Gasteiger partial charge in [-0.05, 0) is 428 Å². The van der Waals surface area contributed by atoms with E-state index in [2.05, 4.69) is 238 Å². The summed E-state index contributed by atoms with van der Waals surface area (Å²) in [7, 11) is 0. The fourth-order valence-corrected chi connectivity index (χ4v) is 19.1. The predicted octanol–water partition coefficient (Wildman–Crippen LogP) is 23.2. The van der Waals surface area contributed by atoms with Gasteiger partial charge in [0.15, 0.2) is 0 Å². The summed E-state index contributed by atoms with van der Waals surface area (Å²) in [5.74, 6) is 0. The lowest BCUT2D eigenvalue weighted by Gasteiger charge is -2.38. The van der Waals surface area contributed by atoms with E-state index in [1.54, 1.807) is 0 Å². The van der Waals surface area contributed by atoms with Gasteiger partial charge in [0.05, 0.1) is 10.8 Å². The van der Waals surface area contributed by atoms with Gasteiger partial charge in [-0.25, -0.2) is 0 Å². The van der Waals surface area contributed by atoms with Crippen LogP contribution in [0.1, 0.15) is 178 Å². The van der Waals surface area contributed by atoms with Crippen LogP contribution in [-0.4, -0.2) is 0 Å². The van der Waals surface area contributed by atoms with E-state index in [9.17, 15) is 0 Å². The summed E-state index contributed by atoms with van der Waals surface area (Å²) in [6.45, 7) is 56.8. The Labute approximate surface area is 510 Å². The van der Waals surface area contributed by atoms with Gasteiger partial charge in [-0.1, -0.05) is 42.5 Å². The molecule has 14 rings (SSSR count). The second kappa shape index (κ2) is 18.8. The van der Waals surface area contributed by atoms with Crippen molar-refractivity contribution in [2.75, 3.05) is 0 Å². The molecule has 0 amide bonds. The molecule has 8 aromatic carbocycles. The maximum atomic E-state index is 2.59. The molecule has 0 saturated heterocycles. The average molecular weight is 1130 g/mol. The lowest BCUT2D eigenvalue weighted by molar-refractivity contribution is 0.785. The first kappa shape index (κ1) is 56.3. The van der Waals surface area contributed by atoms with E-state index in [-0.39, 0.29) is 10.8 Å². The van der Waals surface area contributed by atoms with Crippen LogP contribution in [0.2, 0.25) is 0 Å². The highest BCUT2D eigenvalue weighted by atomic mass is 32.1. The minimum atomic E-state index is -0.388. The van der Waals surface area contributed by atoms with E-state index in [0.717, 1.165) is 0 Å². The SMILES string of the molecule is Cc1c(C)c(C)c2c(c1C)-c1c(C)c(C)c(C)c(C)c1C1(C=Cc3ccc4ccsc4c31)c1c(C)c(C)c(C)c(C)c1-2.Cc1c(C)c(C)c2c(c1C)-c1c(C)c(C)c(C)c(C)c1C1(C=Cc3ccc4sccc4c31)c1c(C)c(C)c(C)c(C)c1-2. The van der Waals surface area contributed by atoms with E-state index in [1.165, 1.54) is 243 Å². The maximum absolute atomic E-state index is 2.59. The lowest BCUT2D eigenvalue weighted by atomic mass is 9.63.